The van der Waals surface area contributed by atoms with Gasteiger partial charge in [0.2, 0.25) is 0 Å². The number of H-pyrrole nitrogens is 1. The van der Waals surface area contributed by atoms with Crippen LogP contribution in [0, 0.1) is 0 Å². The fourth-order valence-corrected chi connectivity index (χ4v) is 5.10. The Morgan fingerprint density at radius 2 is 1.88 bits per heavy atom. The summed E-state index contributed by atoms with van der Waals surface area (Å²) in [6.45, 7) is 0.518. The largest absolute Gasteiger partial charge is 0.350 e. The van der Waals surface area contributed by atoms with Crippen molar-refractivity contribution in [1.82, 2.24) is 30.0 Å². The van der Waals surface area contributed by atoms with Gasteiger partial charge < -0.3 is 10.3 Å². The summed E-state index contributed by atoms with van der Waals surface area (Å²) < 4.78 is 1.64. The van der Waals surface area contributed by atoms with Crippen molar-refractivity contribution in [1.29, 1.82) is 0 Å². The van der Waals surface area contributed by atoms with Crippen molar-refractivity contribution in [3.8, 4) is 11.3 Å². The third-order valence-corrected chi connectivity index (χ3v) is 6.81. The lowest BCUT2D eigenvalue weighted by molar-refractivity contribution is 0.0937. The Morgan fingerprint density at radius 3 is 2.65 bits per heavy atom. The highest BCUT2D eigenvalue weighted by atomic mass is 16.1. The van der Waals surface area contributed by atoms with Gasteiger partial charge in [-0.05, 0) is 47.7 Å². The van der Waals surface area contributed by atoms with Gasteiger partial charge in [-0.1, -0.05) is 42.5 Å². The van der Waals surface area contributed by atoms with Crippen molar-refractivity contribution in [3.05, 3.63) is 102 Å². The van der Waals surface area contributed by atoms with Crippen LogP contribution in [-0.4, -0.2) is 37.2 Å². The van der Waals surface area contributed by atoms with Crippen molar-refractivity contribution in [2.45, 2.75) is 18.3 Å². The third-order valence-electron chi connectivity index (χ3n) is 6.81. The minimum atomic E-state index is -0.256. The molecule has 0 fully saturated rings. The predicted octanol–water partition coefficient (Wildman–Crippen LogP) is 3.83. The number of benzene rings is 2. The number of hydrogen-bond acceptors (Lipinski definition) is 4. The summed E-state index contributed by atoms with van der Waals surface area (Å²) in [5, 5.41) is 8.42. The van der Waals surface area contributed by atoms with E-state index in [0.29, 0.717) is 12.2 Å². The Hall–Kier alpha value is -4.26. The Labute approximate surface area is 196 Å². The highest BCUT2D eigenvalue weighted by molar-refractivity contribution is 5.92. The normalized spacial score (nSPS) is 14.3. The van der Waals surface area contributed by atoms with Crippen molar-refractivity contribution in [2.75, 3.05) is 6.54 Å². The molecule has 0 atom stereocenters. The van der Waals surface area contributed by atoms with Crippen LogP contribution < -0.4 is 5.32 Å². The molecule has 0 bridgehead atoms. The maximum absolute atomic E-state index is 12.9. The molecule has 2 N–H and O–H groups in total. The van der Waals surface area contributed by atoms with Crippen LogP contribution in [0.15, 0.2) is 79.4 Å². The zero-order valence-corrected chi connectivity index (χ0v) is 18.8. The predicted molar refractivity (Wildman–Crippen MR) is 130 cm³/mol. The molecule has 168 valence electrons. The topological polar surface area (TPSA) is 88.5 Å². The Kier molecular flexibility index (Phi) is 4.76. The van der Waals surface area contributed by atoms with E-state index in [4.69, 9.17) is 0 Å². The van der Waals surface area contributed by atoms with Crippen molar-refractivity contribution < 1.29 is 4.79 Å². The van der Waals surface area contributed by atoms with Gasteiger partial charge >= 0.3 is 0 Å². The molecule has 1 amide bonds. The van der Waals surface area contributed by atoms with Gasteiger partial charge in [-0.15, -0.1) is 0 Å². The first-order valence-corrected chi connectivity index (χ1v) is 11.3. The molecule has 3 aromatic heterocycles. The van der Waals surface area contributed by atoms with Crippen molar-refractivity contribution >= 4 is 16.9 Å². The molecule has 7 nitrogen and oxygen atoms in total. The second-order valence-corrected chi connectivity index (χ2v) is 9.00. The first kappa shape index (κ1) is 20.4. The molecule has 0 radical (unpaired) electrons. The summed E-state index contributed by atoms with van der Waals surface area (Å²) in [5.41, 5.74) is 6.77. The minimum Gasteiger partial charge on any atom is -0.350 e. The number of nitrogens with one attached hydrogen (secondary N) is 2. The van der Waals surface area contributed by atoms with E-state index < -0.39 is 0 Å². The lowest BCUT2D eigenvalue weighted by atomic mass is 9.77. The molecule has 1 aliphatic rings. The van der Waals surface area contributed by atoms with Gasteiger partial charge in [-0.2, -0.15) is 5.10 Å². The summed E-state index contributed by atoms with van der Waals surface area (Å²) in [4.78, 5) is 24.9. The van der Waals surface area contributed by atoms with Crippen LogP contribution in [0.2, 0.25) is 0 Å². The summed E-state index contributed by atoms with van der Waals surface area (Å²) in [6.07, 6.45) is 6.98. The van der Waals surface area contributed by atoms with Gasteiger partial charge in [0, 0.05) is 42.4 Å². The number of carbonyl (C=O) groups excluding carboxylic acids is 1. The summed E-state index contributed by atoms with van der Waals surface area (Å²) in [7, 11) is 1.81. The fourth-order valence-electron chi connectivity index (χ4n) is 5.10. The van der Waals surface area contributed by atoms with Crippen LogP contribution in [0.1, 0.15) is 27.2 Å². The van der Waals surface area contributed by atoms with Crippen LogP contribution in [0.25, 0.3) is 22.3 Å². The number of aromatic nitrogens is 5. The van der Waals surface area contributed by atoms with E-state index in [-0.39, 0.29) is 11.3 Å². The van der Waals surface area contributed by atoms with Crippen molar-refractivity contribution in [3.63, 3.8) is 0 Å². The maximum atomic E-state index is 12.9. The molecular weight excluding hydrogens is 424 g/mol. The van der Waals surface area contributed by atoms with Gasteiger partial charge in [0.15, 0.2) is 0 Å². The van der Waals surface area contributed by atoms with Gasteiger partial charge in [0.25, 0.3) is 5.91 Å². The average molecular weight is 449 g/mol. The van der Waals surface area contributed by atoms with Crippen LogP contribution >= 0.6 is 0 Å². The lowest BCUT2D eigenvalue weighted by Gasteiger charge is -2.30. The van der Waals surface area contributed by atoms with E-state index in [2.05, 4.69) is 73.9 Å². The quantitative estimate of drug-likeness (QED) is 0.428. The van der Waals surface area contributed by atoms with Gasteiger partial charge in [0.05, 0.1) is 5.69 Å². The van der Waals surface area contributed by atoms with E-state index in [0.717, 1.165) is 35.1 Å². The summed E-state index contributed by atoms with van der Waals surface area (Å²) in [6, 6.07) is 20.8. The van der Waals surface area contributed by atoms with Crippen LogP contribution in [0.3, 0.4) is 0 Å². The van der Waals surface area contributed by atoms with E-state index >= 15 is 0 Å². The summed E-state index contributed by atoms with van der Waals surface area (Å²) in [5.74, 6) is -0.156. The monoisotopic (exact) mass is 448 g/mol. The molecule has 6 rings (SSSR count). The highest BCUT2D eigenvalue weighted by Gasteiger charge is 2.39. The standard InChI is InChI=1S/C27H24N6O/c1-33-12-10-23(32-33)26(34)29-16-27(14-19-5-2-3-6-20(19)15-27)21-8-4-7-18(13-21)24-22-9-11-28-25(22)31-17-30-24/h2-13,17H,14-16H2,1H3,(H,29,34)(H,28,30,31). The van der Waals surface area contributed by atoms with E-state index in [1.807, 2.05) is 19.3 Å². The fraction of sp³-hybridized carbons (Fsp3) is 0.185. The molecule has 5 aromatic rings. The number of rotatable bonds is 5. The van der Waals surface area contributed by atoms with E-state index in [1.54, 1.807) is 23.3 Å². The highest BCUT2D eigenvalue weighted by Crippen LogP contribution is 2.41. The number of nitrogens with zero attached hydrogens (tertiary/aromatic N) is 4. The number of carbonyl (C=O) groups is 1. The van der Waals surface area contributed by atoms with Gasteiger partial charge in [-0.25, -0.2) is 9.97 Å². The number of hydrogen-bond donors (Lipinski definition) is 2. The van der Waals surface area contributed by atoms with Gasteiger partial charge in [-0.3, -0.25) is 9.48 Å². The second kappa shape index (κ2) is 7.95. The molecular formula is C27H24N6O. The zero-order valence-electron chi connectivity index (χ0n) is 18.8. The first-order valence-electron chi connectivity index (χ1n) is 11.3. The first-order chi connectivity index (χ1) is 16.6. The molecule has 2 aromatic carbocycles. The Balaban J connectivity index is 1.39. The average Bonchev–Trinajstić information content (AvgIpc) is 3.60. The molecule has 0 saturated carbocycles. The number of fused-ring (bicyclic) bond motifs is 2. The smallest absolute Gasteiger partial charge is 0.271 e. The van der Waals surface area contributed by atoms with Crippen LogP contribution in [0.5, 0.6) is 0 Å². The number of amides is 1. The molecule has 7 heteroatoms. The zero-order chi connectivity index (χ0) is 23.1. The SMILES string of the molecule is Cn1ccc(C(=O)NCC2(c3cccc(-c4ncnc5[nH]ccc45)c3)Cc3ccccc3C2)n1. The number of aryl methyl sites for hydroxylation is 1. The molecule has 1 aliphatic carbocycles. The molecule has 0 aliphatic heterocycles. The minimum absolute atomic E-state index is 0.156. The van der Waals surface area contributed by atoms with Crippen LogP contribution in [-0.2, 0) is 25.3 Å². The third kappa shape index (κ3) is 3.46. The Morgan fingerprint density at radius 1 is 1.06 bits per heavy atom. The lowest BCUT2D eigenvalue weighted by Crippen LogP contribution is -2.41. The number of aromatic amines is 1. The summed E-state index contributed by atoms with van der Waals surface area (Å²) >= 11 is 0. The molecule has 0 saturated heterocycles. The van der Waals surface area contributed by atoms with E-state index in [9.17, 15) is 4.79 Å². The molecule has 0 unspecified atom stereocenters. The van der Waals surface area contributed by atoms with Crippen LogP contribution in [0.4, 0.5) is 0 Å². The van der Waals surface area contributed by atoms with Crippen molar-refractivity contribution in [2.24, 2.45) is 7.05 Å². The molecule has 34 heavy (non-hydrogen) atoms. The van der Waals surface area contributed by atoms with E-state index in [1.165, 1.54) is 16.7 Å². The Bertz CT molecular complexity index is 1490. The maximum Gasteiger partial charge on any atom is 0.271 e. The second-order valence-electron chi connectivity index (χ2n) is 9.00. The van der Waals surface area contributed by atoms with Gasteiger partial charge in [0.1, 0.15) is 17.7 Å². The molecule has 0 spiro atoms. The molecule has 3 heterocycles.